The highest BCUT2D eigenvalue weighted by atomic mass is 16.5. The summed E-state index contributed by atoms with van der Waals surface area (Å²) in [5, 5.41) is 18.3. The van der Waals surface area contributed by atoms with Crippen molar-refractivity contribution in [3.8, 4) is 11.5 Å². The lowest BCUT2D eigenvalue weighted by Crippen LogP contribution is -2.67. The number of phenolic OH excluding ortho intramolecular Hbond substituents is 1. The molecule has 2 aliphatic rings. The van der Waals surface area contributed by atoms with Crippen LogP contribution in [0.4, 0.5) is 0 Å². The van der Waals surface area contributed by atoms with Gasteiger partial charge >= 0.3 is 0 Å². The fourth-order valence-electron chi connectivity index (χ4n) is 5.89. The molecule has 2 aromatic carbocycles. The third-order valence-corrected chi connectivity index (χ3v) is 7.29. The van der Waals surface area contributed by atoms with Crippen molar-refractivity contribution < 1.29 is 14.6 Å². The van der Waals surface area contributed by atoms with Crippen LogP contribution in [-0.4, -0.2) is 42.7 Å². The summed E-state index contributed by atoms with van der Waals surface area (Å²) in [7, 11) is 1.68. The van der Waals surface area contributed by atoms with Crippen LogP contribution < -0.4 is 15.4 Å². The number of nitrogens with zero attached hydrogens (tertiary/aromatic N) is 1. The number of aryl methyl sites for hydroxylation is 2. The van der Waals surface area contributed by atoms with Gasteiger partial charge < -0.3 is 20.5 Å². The van der Waals surface area contributed by atoms with Gasteiger partial charge in [-0.3, -0.25) is 9.69 Å². The molecule has 1 heterocycles. The molecule has 4 rings (SSSR count). The second-order valence-electron chi connectivity index (χ2n) is 9.85. The summed E-state index contributed by atoms with van der Waals surface area (Å²) in [6.07, 6.45) is 0.775. The van der Waals surface area contributed by atoms with Crippen LogP contribution in [0.5, 0.6) is 11.5 Å². The first-order valence-electron chi connectivity index (χ1n) is 11.3. The standard InChI is InChI=1S/C26H35N3O3/c1-16-12-17(2)24(31)23-21(16)14-25(4,5)26(23,28-18(3)30)29-11-10-27-15-22(29)19-8-7-9-20(13-19)32-6/h7-9,12-13,22,27,31H,10-11,14-15H2,1-6H3,(H,28,30). The maximum absolute atomic E-state index is 12.7. The van der Waals surface area contributed by atoms with Crippen molar-refractivity contribution >= 4 is 5.91 Å². The van der Waals surface area contributed by atoms with Crippen molar-refractivity contribution in [3.05, 3.63) is 58.1 Å². The van der Waals surface area contributed by atoms with Crippen molar-refractivity contribution in [2.45, 2.75) is 52.7 Å². The first-order valence-corrected chi connectivity index (χ1v) is 11.3. The van der Waals surface area contributed by atoms with Gasteiger partial charge in [0.15, 0.2) is 0 Å². The van der Waals surface area contributed by atoms with Gasteiger partial charge in [0, 0.05) is 43.6 Å². The molecule has 32 heavy (non-hydrogen) atoms. The van der Waals surface area contributed by atoms with Crippen molar-refractivity contribution in [2.75, 3.05) is 26.7 Å². The van der Waals surface area contributed by atoms with Gasteiger partial charge in [0.05, 0.1) is 7.11 Å². The number of hydrogen-bond donors (Lipinski definition) is 3. The van der Waals surface area contributed by atoms with E-state index < -0.39 is 5.66 Å². The van der Waals surface area contributed by atoms with Gasteiger partial charge in [0.2, 0.25) is 5.91 Å². The van der Waals surface area contributed by atoms with Crippen LogP contribution in [0, 0.1) is 19.3 Å². The third kappa shape index (κ3) is 3.37. The van der Waals surface area contributed by atoms with E-state index >= 15 is 0 Å². The zero-order valence-electron chi connectivity index (χ0n) is 20.0. The highest BCUT2D eigenvalue weighted by Crippen LogP contribution is 2.58. The quantitative estimate of drug-likeness (QED) is 0.682. The second-order valence-corrected chi connectivity index (χ2v) is 9.85. The van der Waals surface area contributed by atoms with Crippen LogP contribution in [-0.2, 0) is 16.9 Å². The predicted molar refractivity (Wildman–Crippen MR) is 126 cm³/mol. The molecule has 1 amide bonds. The fraction of sp³-hybridized carbons (Fsp3) is 0.500. The summed E-state index contributed by atoms with van der Waals surface area (Å²) in [6.45, 7) is 12.3. The van der Waals surface area contributed by atoms with Gasteiger partial charge in [-0.15, -0.1) is 0 Å². The molecule has 0 spiro atoms. The van der Waals surface area contributed by atoms with E-state index in [1.54, 1.807) is 14.0 Å². The topological polar surface area (TPSA) is 73.8 Å². The molecular formula is C26H35N3O3. The number of methoxy groups -OCH3 is 1. The van der Waals surface area contributed by atoms with Crippen LogP contribution in [0.1, 0.15) is 54.6 Å². The molecule has 1 aliphatic heterocycles. The van der Waals surface area contributed by atoms with Gasteiger partial charge in [-0.1, -0.05) is 32.0 Å². The maximum atomic E-state index is 12.7. The van der Waals surface area contributed by atoms with E-state index in [-0.39, 0.29) is 23.1 Å². The molecule has 2 atom stereocenters. The van der Waals surface area contributed by atoms with E-state index in [4.69, 9.17) is 4.74 Å². The molecule has 1 saturated heterocycles. The average Bonchev–Trinajstić information content (AvgIpc) is 2.99. The molecule has 0 saturated carbocycles. The van der Waals surface area contributed by atoms with Crippen LogP contribution in [0.3, 0.4) is 0 Å². The van der Waals surface area contributed by atoms with E-state index in [1.165, 1.54) is 0 Å². The van der Waals surface area contributed by atoms with E-state index in [2.05, 4.69) is 48.4 Å². The van der Waals surface area contributed by atoms with E-state index in [1.807, 2.05) is 25.1 Å². The Balaban J connectivity index is 1.98. The number of benzene rings is 2. The normalized spacial score (nSPS) is 24.8. The fourth-order valence-corrected chi connectivity index (χ4v) is 5.89. The minimum atomic E-state index is -0.842. The molecule has 0 bridgehead atoms. The Hall–Kier alpha value is -2.57. The maximum Gasteiger partial charge on any atom is 0.218 e. The summed E-state index contributed by atoms with van der Waals surface area (Å²) in [6, 6.07) is 10.2. The number of ether oxygens (including phenoxy) is 1. The number of phenols is 1. The molecule has 6 heteroatoms. The molecule has 2 unspecified atom stereocenters. The molecule has 1 fully saturated rings. The first kappa shape index (κ1) is 22.6. The number of rotatable bonds is 4. The Labute approximate surface area is 191 Å². The number of nitrogens with one attached hydrogen (secondary N) is 2. The minimum absolute atomic E-state index is 0.00357. The van der Waals surface area contributed by atoms with Gasteiger partial charge in [-0.05, 0) is 54.7 Å². The Morgan fingerprint density at radius 2 is 2.00 bits per heavy atom. The summed E-state index contributed by atoms with van der Waals surface area (Å²) in [5.74, 6) is 0.988. The highest BCUT2D eigenvalue weighted by molar-refractivity contribution is 5.75. The minimum Gasteiger partial charge on any atom is -0.507 e. The summed E-state index contributed by atoms with van der Waals surface area (Å²) < 4.78 is 5.50. The summed E-state index contributed by atoms with van der Waals surface area (Å²) in [5.41, 5.74) is 3.91. The molecule has 0 aromatic heterocycles. The van der Waals surface area contributed by atoms with Crippen molar-refractivity contribution in [1.29, 1.82) is 0 Å². The van der Waals surface area contributed by atoms with Gasteiger partial charge in [0.25, 0.3) is 0 Å². The van der Waals surface area contributed by atoms with Gasteiger partial charge in [-0.2, -0.15) is 0 Å². The van der Waals surface area contributed by atoms with Crippen molar-refractivity contribution in [3.63, 3.8) is 0 Å². The first-order chi connectivity index (χ1) is 15.1. The predicted octanol–water partition coefficient (Wildman–Crippen LogP) is 3.54. The van der Waals surface area contributed by atoms with Crippen LogP contribution in [0.25, 0.3) is 0 Å². The van der Waals surface area contributed by atoms with Crippen molar-refractivity contribution in [1.82, 2.24) is 15.5 Å². The summed E-state index contributed by atoms with van der Waals surface area (Å²) >= 11 is 0. The van der Waals surface area contributed by atoms with E-state index in [0.717, 1.165) is 59.6 Å². The van der Waals surface area contributed by atoms with E-state index in [9.17, 15) is 9.90 Å². The number of piperazine rings is 1. The molecule has 0 radical (unpaired) electrons. The molecule has 172 valence electrons. The highest BCUT2D eigenvalue weighted by Gasteiger charge is 2.60. The molecule has 3 N–H and O–H groups in total. The van der Waals surface area contributed by atoms with Crippen molar-refractivity contribution in [2.24, 2.45) is 5.41 Å². The van der Waals surface area contributed by atoms with Gasteiger partial charge in [-0.25, -0.2) is 0 Å². The van der Waals surface area contributed by atoms with Gasteiger partial charge in [0.1, 0.15) is 17.2 Å². The number of fused-ring (bicyclic) bond motifs is 1. The monoisotopic (exact) mass is 437 g/mol. The lowest BCUT2D eigenvalue weighted by molar-refractivity contribution is -0.134. The third-order valence-electron chi connectivity index (χ3n) is 7.29. The lowest BCUT2D eigenvalue weighted by Gasteiger charge is -2.55. The molecule has 6 nitrogen and oxygen atoms in total. The number of aromatic hydroxyl groups is 1. The SMILES string of the molecule is COc1cccc(C2CNCCN2C2(NC(C)=O)c3c(O)c(C)cc(C)c3CC2(C)C)c1. The second kappa shape index (κ2) is 8.09. The Morgan fingerprint density at radius 1 is 1.25 bits per heavy atom. The van der Waals surface area contributed by atoms with Crippen LogP contribution in [0.15, 0.2) is 30.3 Å². The number of carbonyl (C=O) groups is 1. The molecular weight excluding hydrogens is 402 g/mol. The Morgan fingerprint density at radius 3 is 2.69 bits per heavy atom. The smallest absolute Gasteiger partial charge is 0.218 e. The Bertz CT molecular complexity index is 1050. The Kier molecular flexibility index (Phi) is 5.72. The number of hydrogen-bond acceptors (Lipinski definition) is 5. The number of carbonyl (C=O) groups excluding carboxylic acids is 1. The van der Waals surface area contributed by atoms with Crippen LogP contribution in [0.2, 0.25) is 0 Å². The zero-order valence-corrected chi connectivity index (χ0v) is 20.0. The van der Waals surface area contributed by atoms with E-state index in [0.29, 0.717) is 0 Å². The molecule has 2 aromatic rings. The van der Waals surface area contributed by atoms with Crippen LogP contribution >= 0.6 is 0 Å². The lowest BCUT2D eigenvalue weighted by atomic mass is 9.75. The largest absolute Gasteiger partial charge is 0.507 e. The number of amides is 1. The zero-order chi connectivity index (χ0) is 23.3. The molecule has 1 aliphatic carbocycles. The summed E-state index contributed by atoms with van der Waals surface area (Å²) in [4.78, 5) is 15.1. The average molecular weight is 438 g/mol.